The van der Waals surface area contributed by atoms with Crippen LogP contribution in [0.25, 0.3) is 10.9 Å². The van der Waals surface area contributed by atoms with Gasteiger partial charge in [0.1, 0.15) is 0 Å². The van der Waals surface area contributed by atoms with Crippen LogP contribution in [0.5, 0.6) is 0 Å². The standard InChI is InChI=1S/C20H21N3O3/c1-14(15-7-3-2-4-8-15)13-21-18(24)11-12-23-17-10-6-5-9-16(17)19(25)22-20(23)26/h2-10,14H,11-13H2,1H3,(H,21,24)(H,22,25,26)/t14-/m1/s1. The maximum absolute atomic E-state index is 12.2. The van der Waals surface area contributed by atoms with E-state index in [4.69, 9.17) is 0 Å². The first kappa shape index (κ1) is 17.7. The molecule has 2 N–H and O–H groups in total. The maximum Gasteiger partial charge on any atom is 0.328 e. The highest BCUT2D eigenvalue weighted by Gasteiger charge is 2.10. The van der Waals surface area contributed by atoms with Gasteiger partial charge in [0.05, 0.1) is 10.9 Å². The van der Waals surface area contributed by atoms with Crippen molar-refractivity contribution in [2.45, 2.75) is 25.8 Å². The number of amides is 1. The van der Waals surface area contributed by atoms with E-state index in [1.165, 1.54) is 4.57 Å². The van der Waals surface area contributed by atoms with Gasteiger partial charge in [0.25, 0.3) is 5.56 Å². The molecule has 0 aliphatic carbocycles. The number of carbonyl (C=O) groups is 1. The van der Waals surface area contributed by atoms with Crippen LogP contribution in [-0.4, -0.2) is 22.0 Å². The highest BCUT2D eigenvalue weighted by molar-refractivity contribution is 5.78. The predicted molar refractivity (Wildman–Crippen MR) is 101 cm³/mol. The quantitative estimate of drug-likeness (QED) is 0.712. The second-order valence-corrected chi connectivity index (χ2v) is 6.29. The molecular weight excluding hydrogens is 330 g/mol. The van der Waals surface area contributed by atoms with Crippen molar-refractivity contribution >= 4 is 16.8 Å². The van der Waals surface area contributed by atoms with E-state index in [1.54, 1.807) is 24.3 Å². The fourth-order valence-corrected chi connectivity index (χ4v) is 2.93. The minimum atomic E-state index is -0.501. The molecule has 26 heavy (non-hydrogen) atoms. The number of aromatic nitrogens is 2. The van der Waals surface area contributed by atoms with Crippen LogP contribution in [0.15, 0.2) is 64.2 Å². The van der Waals surface area contributed by atoms with Crippen LogP contribution in [0.3, 0.4) is 0 Å². The van der Waals surface area contributed by atoms with Gasteiger partial charge in [-0.05, 0) is 23.6 Å². The Balaban J connectivity index is 1.64. The van der Waals surface area contributed by atoms with Crippen molar-refractivity contribution in [1.29, 1.82) is 0 Å². The number of carbonyl (C=O) groups excluding carboxylic acids is 1. The Labute approximate surface area is 150 Å². The van der Waals surface area contributed by atoms with Gasteiger partial charge in [0.2, 0.25) is 5.91 Å². The van der Waals surface area contributed by atoms with Gasteiger partial charge in [-0.25, -0.2) is 4.79 Å². The summed E-state index contributed by atoms with van der Waals surface area (Å²) in [5, 5.41) is 3.34. The fraction of sp³-hybridized carbons (Fsp3) is 0.250. The summed E-state index contributed by atoms with van der Waals surface area (Å²) in [5.41, 5.74) is 0.782. The van der Waals surface area contributed by atoms with E-state index in [-0.39, 0.29) is 24.8 Å². The third-order valence-electron chi connectivity index (χ3n) is 4.44. The van der Waals surface area contributed by atoms with Gasteiger partial charge in [0.15, 0.2) is 0 Å². The first-order valence-electron chi connectivity index (χ1n) is 8.60. The summed E-state index contributed by atoms with van der Waals surface area (Å²) >= 11 is 0. The number of nitrogens with one attached hydrogen (secondary N) is 2. The van der Waals surface area contributed by atoms with Crippen LogP contribution in [0.1, 0.15) is 24.8 Å². The summed E-state index contributed by atoms with van der Waals surface area (Å²) < 4.78 is 1.43. The van der Waals surface area contributed by atoms with Gasteiger partial charge in [-0.3, -0.25) is 19.1 Å². The molecule has 0 aliphatic heterocycles. The SMILES string of the molecule is C[C@H](CNC(=O)CCn1c(=O)[nH]c(=O)c2ccccc21)c1ccccc1. The molecule has 1 aromatic heterocycles. The van der Waals surface area contributed by atoms with E-state index in [2.05, 4.69) is 17.2 Å². The Bertz CT molecular complexity index is 1020. The Morgan fingerprint density at radius 1 is 1.08 bits per heavy atom. The molecule has 1 heterocycles. The summed E-state index contributed by atoms with van der Waals surface area (Å²) in [6.07, 6.45) is 0.164. The number of para-hydroxylation sites is 1. The van der Waals surface area contributed by atoms with Crippen LogP contribution in [0.4, 0.5) is 0 Å². The smallest absolute Gasteiger partial charge is 0.328 e. The highest BCUT2D eigenvalue weighted by Crippen LogP contribution is 2.13. The molecule has 6 heteroatoms. The molecule has 0 spiro atoms. The minimum absolute atomic E-state index is 0.130. The van der Waals surface area contributed by atoms with Gasteiger partial charge in [-0.15, -0.1) is 0 Å². The molecule has 134 valence electrons. The second kappa shape index (κ2) is 7.82. The average Bonchev–Trinajstić information content (AvgIpc) is 2.66. The zero-order valence-electron chi connectivity index (χ0n) is 14.6. The molecule has 1 amide bonds. The first-order valence-corrected chi connectivity index (χ1v) is 8.60. The second-order valence-electron chi connectivity index (χ2n) is 6.29. The average molecular weight is 351 g/mol. The lowest BCUT2D eigenvalue weighted by atomic mass is 10.0. The van der Waals surface area contributed by atoms with E-state index in [0.29, 0.717) is 17.4 Å². The summed E-state index contributed by atoms with van der Waals surface area (Å²) in [6.45, 7) is 2.79. The number of fused-ring (bicyclic) bond motifs is 1. The molecule has 0 aliphatic rings. The normalized spacial score (nSPS) is 12.0. The Kier molecular flexibility index (Phi) is 5.31. The minimum Gasteiger partial charge on any atom is -0.355 e. The lowest BCUT2D eigenvalue weighted by Crippen LogP contribution is -2.33. The van der Waals surface area contributed by atoms with Crippen LogP contribution in [0, 0.1) is 0 Å². The van der Waals surface area contributed by atoms with Crippen LogP contribution in [-0.2, 0) is 11.3 Å². The van der Waals surface area contributed by atoms with Crippen molar-refractivity contribution in [3.63, 3.8) is 0 Å². The number of aromatic amines is 1. The molecular formula is C20H21N3O3. The molecule has 0 radical (unpaired) electrons. The number of hydrogen-bond acceptors (Lipinski definition) is 3. The van der Waals surface area contributed by atoms with Crippen molar-refractivity contribution in [3.8, 4) is 0 Å². The van der Waals surface area contributed by atoms with Gasteiger partial charge < -0.3 is 5.32 Å². The van der Waals surface area contributed by atoms with Crippen molar-refractivity contribution in [1.82, 2.24) is 14.9 Å². The molecule has 3 aromatic rings. The number of H-pyrrole nitrogens is 1. The van der Waals surface area contributed by atoms with Crippen molar-refractivity contribution in [2.75, 3.05) is 6.54 Å². The van der Waals surface area contributed by atoms with E-state index in [0.717, 1.165) is 5.56 Å². The molecule has 6 nitrogen and oxygen atoms in total. The summed E-state index contributed by atoms with van der Waals surface area (Å²) in [4.78, 5) is 38.4. The Hall–Kier alpha value is -3.15. The van der Waals surface area contributed by atoms with E-state index in [1.807, 2.05) is 30.3 Å². The lowest BCUT2D eigenvalue weighted by molar-refractivity contribution is -0.121. The highest BCUT2D eigenvalue weighted by atomic mass is 16.2. The van der Waals surface area contributed by atoms with Gasteiger partial charge in [-0.1, -0.05) is 49.4 Å². The summed E-state index contributed by atoms with van der Waals surface area (Å²) in [6, 6.07) is 16.8. The van der Waals surface area contributed by atoms with E-state index >= 15 is 0 Å². The molecule has 0 fully saturated rings. The number of aryl methyl sites for hydroxylation is 1. The van der Waals surface area contributed by atoms with Crippen molar-refractivity contribution in [2.24, 2.45) is 0 Å². The van der Waals surface area contributed by atoms with Crippen LogP contribution >= 0.6 is 0 Å². The molecule has 2 aromatic carbocycles. The monoisotopic (exact) mass is 351 g/mol. The molecule has 3 rings (SSSR count). The summed E-state index contributed by atoms with van der Waals surface area (Å²) in [7, 11) is 0. The van der Waals surface area contributed by atoms with Crippen LogP contribution < -0.4 is 16.6 Å². The van der Waals surface area contributed by atoms with Crippen molar-refractivity contribution in [3.05, 3.63) is 81.0 Å². The Morgan fingerprint density at radius 3 is 2.54 bits per heavy atom. The molecule has 0 bridgehead atoms. The first-order chi connectivity index (χ1) is 12.6. The molecule has 0 unspecified atom stereocenters. The molecule has 0 saturated carbocycles. The number of nitrogens with zero attached hydrogens (tertiary/aromatic N) is 1. The third kappa shape index (κ3) is 3.91. The number of benzene rings is 2. The van der Waals surface area contributed by atoms with Gasteiger partial charge in [-0.2, -0.15) is 0 Å². The van der Waals surface area contributed by atoms with Gasteiger partial charge in [0, 0.05) is 19.5 Å². The number of hydrogen-bond donors (Lipinski definition) is 2. The van der Waals surface area contributed by atoms with Crippen molar-refractivity contribution < 1.29 is 4.79 Å². The maximum atomic E-state index is 12.2. The Morgan fingerprint density at radius 2 is 1.77 bits per heavy atom. The predicted octanol–water partition coefficient (Wildman–Crippen LogP) is 2.00. The fourth-order valence-electron chi connectivity index (χ4n) is 2.93. The molecule has 1 atom stereocenters. The zero-order valence-corrected chi connectivity index (χ0v) is 14.6. The van der Waals surface area contributed by atoms with E-state index in [9.17, 15) is 14.4 Å². The lowest BCUT2D eigenvalue weighted by Gasteiger charge is -2.14. The third-order valence-corrected chi connectivity index (χ3v) is 4.44. The zero-order chi connectivity index (χ0) is 18.5. The number of rotatable bonds is 6. The molecule has 0 saturated heterocycles. The van der Waals surface area contributed by atoms with Gasteiger partial charge >= 0.3 is 5.69 Å². The van der Waals surface area contributed by atoms with E-state index < -0.39 is 11.2 Å². The topological polar surface area (TPSA) is 84.0 Å². The largest absolute Gasteiger partial charge is 0.355 e. The van der Waals surface area contributed by atoms with Crippen LogP contribution in [0.2, 0.25) is 0 Å². The summed E-state index contributed by atoms with van der Waals surface area (Å²) in [5.74, 6) is 0.0757.